The highest BCUT2D eigenvalue weighted by molar-refractivity contribution is 5.97. The zero-order chi connectivity index (χ0) is 12.3. The van der Waals surface area contributed by atoms with Crippen LogP contribution in [0.15, 0.2) is 18.2 Å². The fourth-order valence-corrected chi connectivity index (χ4v) is 1.96. The number of phenols is 1. The Morgan fingerprint density at radius 1 is 1.41 bits per heavy atom. The number of rotatable bonds is 4. The van der Waals surface area contributed by atoms with E-state index in [4.69, 9.17) is 4.74 Å². The van der Waals surface area contributed by atoms with Crippen molar-refractivity contribution in [2.45, 2.75) is 26.2 Å². The predicted octanol–water partition coefficient (Wildman–Crippen LogP) is 2.31. The van der Waals surface area contributed by atoms with E-state index < -0.39 is 0 Å². The molecule has 92 valence electrons. The van der Waals surface area contributed by atoms with Gasteiger partial charge in [0.25, 0.3) is 5.91 Å². The van der Waals surface area contributed by atoms with Crippen LogP contribution in [0, 0.1) is 0 Å². The average molecular weight is 235 g/mol. The van der Waals surface area contributed by atoms with Gasteiger partial charge in [-0.1, -0.05) is 19.8 Å². The van der Waals surface area contributed by atoms with Crippen molar-refractivity contribution in [2.75, 3.05) is 18.1 Å². The third-order valence-corrected chi connectivity index (χ3v) is 2.87. The molecular formula is C13H17NO3. The molecule has 0 aromatic heterocycles. The number of hydrogen-bond acceptors (Lipinski definition) is 3. The third-order valence-electron chi connectivity index (χ3n) is 2.87. The molecule has 0 spiro atoms. The number of carbonyl (C=O) groups is 1. The molecular weight excluding hydrogens is 218 g/mol. The lowest BCUT2D eigenvalue weighted by atomic mass is 10.2. The van der Waals surface area contributed by atoms with Gasteiger partial charge in [0.15, 0.2) is 6.61 Å². The van der Waals surface area contributed by atoms with Gasteiger partial charge in [-0.05, 0) is 18.6 Å². The quantitative estimate of drug-likeness (QED) is 0.815. The lowest BCUT2D eigenvalue weighted by molar-refractivity contribution is -0.121. The number of aromatic hydroxyl groups is 1. The third kappa shape index (κ3) is 2.52. The van der Waals surface area contributed by atoms with Crippen LogP contribution in [0.1, 0.15) is 26.2 Å². The average Bonchev–Trinajstić information content (AvgIpc) is 2.32. The molecule has 4 nitrogen and oxygen atoms in total. The Bertz CT molecular complexity index is 417. The Labute approximate surface area is 101 Å². The first kappa shape index (κ1) is 11.8. The van der Waals surface area contributed by atoms with Crippen molar-refractivity contribution in [3.05, 3.63) is 18.2 Å². The fraction of sp³-hybridized carbons (Fsp3) is 0.462. The van der Waals surface area contributed by atoms with Crippen molar-refractivity contribution in [1.82, 2.24) is 0 Å². The normalized spacial score (nSPS) is 14.4. The molecule has 0 saturated heterocycles. The second-order valence-corrected chi connectivity index (χ2v) is 4.19. The topological polar surface area (TPSA) is 49.8 Å². The van der Waals surface area contributed by atoms with Gasteiger partial charge in [0.1, 0.15) is 11.5 Å². The minimum absolute atomic E-state index is 0.0145. The molecule has 4 heteroatoms. The lowest BCUT2D eigenvalue weighted by Gasteiger charge is -2.29. The molecule has 1 aromatic carbocycles. The lowest BCUT2D eigenvalue weighted by Crippen LogP contribution is -2.39. The molecule has 1 aromatic rings. The molecule has 0 bridgehead atoms. The minimum Gasteiger partial charge on any atom is -0.508 e. The van der Waals surface area contributed by atoms with Crippen LogP contribution in [0.25, 0.3) is 0 Å². The summed E-state index contributed by atoms with van der Waals surface area (Å²) in [6.07, 6.45) is 3.22. The zero-order valence-electron chi connectivity index (χ0n) is 9.98. The first-order chi connectivity index (χ1) is 8.22. The number of unbranched alkanes of at least 4 members (excludes halogenated alkanes) is 2. The number of fused-ring (bicyclic) bond motifs is 1. The van der Waals surface area contributed by atoms with E-state index in [1.807, 2.05) is 0 Å². The van der Waals surface area contributed by atoms with Gasteiger partial charge in [0.05, 0.1) is 5.69 Å². The largest absolute Gasteiger partial charge is 0.508 e. The Hall–Kier alpha value is -1.71. The van der Waals surface area contributed by atoms with Gasteiger partial charge in [0.2, 0.25) is 0 Å². The standard InChI is InChI=1S/C13H17NO3/c1-2-3-4-7-14-11-6-5-10(15)8-12(11)17-9-13(14)16/h5-6,8,15H,2-4,7,9H2,1H3. The molecule has 1 heterocycles. The van der Waals surface area contributed by atoms with Crippen LogP contribution in [0.3, 0.4) is 0 Å². The highest BCUT2D eigenvalue weighted by Crippen LogP contribution is 2.34. The minimum atomic E-state index is -0.0145. The number of hydrogen-bond donors (Lipinski definition) is 1. The molecule has 0 fully saturated rings. The van der Waals surface area contributed by atoms with E-state index in [2.05, 4.69) is 6.92 Å². The van der Waals surface area contributed by atoms with Crippen molar-refractivity contribution in [2.24, 2.45) is 0 Å². The summed E-state index contributed by atoms with van der Waals surface area (Å²) in [4.78, 5) is 13.5. The maximum Gasteiger partial charge on any atom is 0.265 e. The van der Waals surface area contributed by atoms with E-state index in [9.17, 15) is 9.90 Å². The fourth-order valence-electron chi connectivity index (χ4n) is 1.96. The molecule has 1 amide bonds. The first-order valence-electron chi connectivity index (χ1n) is 5.98. The number of carbonyl (C=O) groups excluding carboxylic acids is 1. The van der Waals surface area contributed by atoms with Crippen LogP contribution in [-0.2, 0) is 4.79 Å². The Morgan fingerprint density at radius 3 is 3.00 bits per heavy atom. The summed E-state index contributed by atoms with van der Waals surface area (Å²) in [5, 5.41) is 9.37. The summed E-state index contributed by atoms with van der Waals surface area (Å²) < 4.78 is 5.30. The summed E-state index contributed by atoms with van der Waals surface area (Å²) in [5.41, 5.74) is 0.759. The van der Waals surface area contributed by atoms with Gasteiger partial charge in [-0.3, -0.25) is 4.79 Å². The van der Waals surface area contributed by atoms with E-state index in [-0.39, 0.29) is 18.3 Å². The summed E-state index contributed by atoms with van der Waals surface area (Å²) in [6, 6.07) is 4.86. The van der Waals surface area contributed by atoms with Gasteiger partial charge in [-0.2, -0.15) is 0 Å². The molecule has 0 unspecified atom stereocenters. The number of benzene rings is 1. The molecule has 17 heavy (non-hydrogen) atoms. The van der Waals surface area contributed by atoms with Crippen LogP contribution < -0.4 is 9.64 Å². The number of amides is 1. The van der Waals surface area contributed by atoms with Crippen molar-refractivity contribution in [1.29, 1.82) is 0 Å². The van der Waals surface area contributed by atoms with Gasteiger partial charge < -0.3 is 14.7 Å². The molecule has 1 aliphatic rings. The zero-order valence-corrected chi connectivity index (χ0v) is 9.98. The van der Waals surface area contributed by atoms with E-state index in [1.54, 1.807) is 23.1 Å². The molecule has 0 aliphatic carbocycles. The van der Waals surface area contributed by atoms with Crippen molar-refractivity contribution < 1.29 is 14.6 Å². The van der Waals surface area contributed by atoms with E-state index in [0.29, 0.717) is 12.3 Å². The second-order valence-electron chi connectivity index (χ2n) is 4.19. The Kier molecular flexibility index (Phi) is 3.52. The maximum atomic E-state index is 11.8. The SMILES string of the molecule is CCCCCN1C(=O)COc2cc(O)ccc21. The van der Waals surface area contributed by atoms with Crippen LogP contribution in [0.5, 0.6) is 11.5 Å². The van der Waals surface area contributed by atoms with E-state index in [1.165, 1.54) is 0 Å². The summed E-state index contributed by atoms with van der Waals surface area (Å²) in [6.45, 7) is 2.91. The van der Waals surface area contributed by atoms with Gasteiger partial charge in [0, 0.05) is 12.6 Å². The van der Waals surface area contributed by atoms with Gasteiger partial charge >= 0.3 is 0 Å². The Balaban J connectivity index is 2.18. The van der Waals surface area contributed by atoms with Crippen molar-refractivity contribution >= 4 is 11.6 Å². The van der Waals surface area contributed by atoms with Crippen LogP contribution in [0.2, 0.25) is 0 Å². The molecule has 0 atom stereocenters. The maximum absolute atomic E-state index is 11.8. The van der Waals surface area contributed by atoms with Crippen LogP contribution in [0.4, 0.5) is 5.69 Å². The monoisotopic (exact) mass is 235 g/mol. The van der Waals surface area contributed by atoms with Crippen molar-refractivity contribution in [3.63, 3.8) is 0 Å². The van der Waals surface area contributed by atoms with E-state index in [0.717, 1.165) is 24.9 Å². The molecule has 0 saturated carbocycles. The Morgan fingerprint density at radius 2 is 2.24 bits per heavy atom. The number of anilines is 1. The molecule has 1 aliphatic heterocycles. The highest BCUT2D eigenvalue weighted by Gasteiger charge is 2.25. The number of nitrogens with zero attached hydrogens (tertiary/aromatic N) is 1. The predicted molar refractivity (Wildman–Crippen MR) is 65.5 cm³/mol. The molecule has 0 radical (unpaired) electrons. The van der Waals surface area contributed by atoms with Crippen LogP contribution in [-0.4, -0.2) is 24.2 Å². The first-order valence-corrected chi connectivity index (χ1v) is 5.98. The molecule has 2 rings (SSSR count). The summed E-state index contributed by atoms with van der Waals surface area (Å²) in [7, 11) is 0. The van der Waals surface area contributed by atoms with E-state index >= 15 is 0 Å². The number of phenolic OH excluding ortho intramolecular Hbond substituents is 1. The highest BCUT2D eigenvalue weighted by atomic mass is 16.5. The number of ether oxygens (including phenoxy) is 1. The second kappa shape index (κ2) is 5.08. The van der Waals surface area contributed by atoms with Gasteiger partial charge in [-0.15, -0.1) is 0 Å². The molecule has 1 N–H and O–H groups in total. The summed E-state index contributed by atoms with van der Waals surface area (Å²) in [5.74, 6) is 0.729. The summed E-state index contributed by atoms with van der Waals surface area (Å²) >= 11 is 0. The van der Waals surface area contributed by atoms with Crippen LogP contribution >= 0.6 is 0 Å². The van der Waals surface area contributed by atoms with Gasteiger partial charge in [-0.25, -0.2) is 0 Å². The van der Waals surface area contributed by atoms with Crippen molar-refractivity contribution in [3.8, 4) is 11.5 Å². The smallest absolute Gasteiger partial charge is 0.265 e.